The highest BCUT2D eigenvalue weighted by Crippen LogP contribution is 2.26. The molecule has 0 saturated heterocycles. The molecular formula is C9H9NO2. The van der Waals surface area contributed by atoms with E-state index in [9.17, 15) is 4.79 Å². The largest absolute Gasteiger partial charge is 0.492 e. The first-order valence-corrected chi connectivity index (χ1v) is 3.96. The van der Waals surface area contributed by atoms with Crippen LogP contribution < -0.4 is 4.74 Å². The second-order valence-corrected chi connectivity index (χ2v) is 2.79. The number of aldehydes is 1. The predicted molar refractivity (Wildman–Crippen MR) is 43.4 cm³/mol. The summed E-state index contributed by atoms with van der Waals surface area (Å²) in [4.78, 5) is 14.5. The topological polar surface area (TPSA) is 39.2 Å². The quantitative estimate of drug-likeness (QED) is 0.584. The molecule has 0 N–H and O–H groups in total. The van der Waals surface area contributed by atoms with Gasteiger partial charge in [0.05, 0.1) is 12.2 Å². The van der Waals surface area contributed by atoms with Gasteiger partial charge in [0.2, 0.25) is 0 Å². The number of aromatic nitrogens is 1. The lowest BCUT2D eigenvalue weighted by Gasteiger charge is -2.17. The Morgan fingerprint density at radius 1 is 1.50 bits per heavy atom. The highest BCUT2D eigenvalue weighted by Gasteiger charge is 2.13. The van der Waals surface area contributed by atoms with Gasteiger partial charge in [-0.1, -0.05) is 0 Å². The van der Waals surface area contributed by atoms with Gasteiger partial charge in [0.15, 0.2) is 6.29 Å². The third-order valence-electron chi connectivity index (χ3n) is 1.96. The predicted octanol–water partition coefficient (Wildman–Crippen LogP) is 1.22. The minimum absolute atomic E-state index is 0.562. The van der Waals surface area contributed by atoms with E-state index in [2.05, 4.69) is 4.98 Å². The van der Waals surface area contributed by atoms with Gasteiger partial charge in [-0.25, -0.2) is 0 Å². The molecule has 2 rings (SSSR count). The minimum atomic E-state index is 0.562. The molecule has 3 nitrogen and oxygen atoms in total. The molecule has 0 fully saturated rings. The fraction of sp³-hybridized carbons (Fsp3) is 0.333. The van der Waals surface area contributed by atoms with Crippen molar-refractivity contribution in [2.75, 3.05) is 6.61 Å². The molecule has 1 aliphatic rings. The number of fused-ring (bicyclic) bond motifs is 1. The molecule has 1 aromatic rings. The monoisotopic (exact) mass is 163 g/mol. The number of hydrogen-bond acceptors (Lipinski definition) is 3. The van der Waals surface area contributed by atoms with Crippen LogP contribution >= 0.6 is 0 Å². The van der Waals surface area contributed by atoms with Crippen molar-refractivity contribution in [1.82, 2.24) is 4.98 Å². The van der Waals surface area contributed by atoms with Gasteiger partial charge < -0.3 is 4.74 Å². The number of carbonyl (C=O) groups is 1. The fourth-order valence-corrected chi connectivity index (χ4v) is 1.39. The van der Waals surface area contributed by atoms with Crippen molar-refractivity contribution in [2.24, 2.45) is 0 Å². The number of carbonyl (C=O) groups excluding carboxylic acids is 1. The van der Waals surface area contributed by atoms with Crippen LogP contribution in [0.3, 0.4) is 0 Å². The molecule has 0 radical (unpaired) electrons. The fourth-order valence-electron chi connectivity index (χ4n) is 1.39. The van der Waals surface area contributed by atoms with Crippen molar-refractivity contribution in [3.05, 3.63) is 23.5 Å². The maximum Gasteiger partial charge on any atom is 0.155 e. The molecular weight excluding hydrogens is 154 g/mol. The van der Waals surface area contributed by atoms with E-state index in [-0.39, 0.29) is 0 Å². The molecule has 0 aliphatic carbocycles. The lowest BCUT2D eigenvalue weighted by Crippen LogP contribution is -2.10. The third kappa shape index (κ3) is 1.07. The molecule has 0 saturated carbocycles. The van der Waals surface area contributed by atoms with E-state index in [1.807, 2.05) is 0 Å². The Kier molecular flexibility index (Phi) is 1.78. The first-order chi connectivity index (χ1) is 5.92. The van der Waals surface area contributed by atoms with Gasteiger partial charge >= 0.3 is 0 Å². The van der Waals surface area contributed by atoms with Gasteiger partial charge in [-0.15, -0.1) is 0 Å². The second-order valence-electron chi connectivity index (χ2n) is 2.79. The van der Waals surface area contributed by atoms with Gasteiger partial charge in [0.25, 0.3) is 0 Å². The van der Waals surface area contributed by atoms with Crippen LogP contribution in [0.25, 0.3) is 0 Å². The summed E-state index contributed by atoms with van der Waals surface area (Å²) in [5.41, 5.74) is 1.61. The van der Waals surface area contributed by atoms with Gasteiger partial charge in [0, 0.05) is 18.0 Å². The maximum atomic E-state index is 10.6. The van der Waals surface area contributed by atoms with E-state index in [1.165, 1.54) is 6.20 Å². The molecule has 0 spiro atoms. The van der Waals surface area contributed by atoms with Crippen LogP contribution in [0.5, 0.6) is 5.75 Å². The lowest BCUT2D eigenvalue weighted by molar-refractivity contribution is 0.111. The summed E-state index contributed by atoms with van der Waals surface area (Å²) in [6, 6.07) is 0. The van der Waals surface area contributed by atoms with Crippen molar-refractivity contribution in [3.8, 4) is 5.75 Å². The Hall–Kier alpha value is -1.38. The Morgan fingerprint density at radius 2 is 2.42 bits per heavy atom. The van der Waals surface area contributed by atoms with Crippen molar-refractivity contribution in [3.63, 3.8) is 0 Å². The molecule has 0 unspecified atom stereocenters. The Bertz CT molecular complexity index is 309. The number of rotatable bonds is 1. The van der Waals surface area contributed by atoms with Crippen molar-refractivity contribution in [2.45, 2.75) is 12.8 Å². The molecule has 0 aromatic carbocycles. The normalized spacial score (nSPS) is 14.7. The van der Waals surface area contributed by atoms with Crippen LogP contribution in [0.4, 0.5) is 0 Å². The number of aryl methyl sites for hydroxylation is 1. The van der Waals surface area contributed by atoms with Crippen molar-refractivity contribution in [1.29, 1.82) is 0 Å². The second kappa shape index (κ2) is 2.93. The zero-order valence-corrected chi connectivity index (χ0v) is 6.62. The SMILES string of the molecule is O=Cc1cncc2c1OCCC2. The van der Waals surface area contributed by atoms with Crippen LogP contribution in [0.2, 0.25) is 0 Å². The van der Waals surface area contributed by atoms with Gasteiger partial charge in [0.1, 0.15) is 5.75 Å². The Labute approximate surface area is 70.4 Å². The number of ether oxygens (including phenoxy) is 1. The van der Waals surface area contributed by atoms with Crippen LogP contribution in [-0.2, 0) is 6.42 Å². The molecule has 0 bridgehead atoms. The third-order valence-corrected chi connectivity index (χ3v) is 1.96. The highest BCUT2D eigenvalue weighted by atomic mass is 16.5. The molecule has 0 atom stereocenters. The molecule has 62 valence electrons. The van der Waals surface area contributed by atoms with E-state index in [4.69, 9.17) is 4.74 Å². The molecule has 1 aliphatic heterocycles. The first-order valence-electron chi connectivity index (χ1n) is 3.96. The molecule has 0 amide bonds. The highest BCUT2D eigenvalue weighted by molar-refractivity contribution is 5.79. The summed E-state index contributed by atoms with van der Waals surface area (Å²) in [6.07, 6.45) is 6.07. The lowest BCUT2D eigenvalue weighted by atomic mass is 10.1. The van der Waals surface area contributed by atoms with Crippen LogP contribution in [0, 0.1) is 0 Å². The van der Waals surface area contributed by atoms with Crippen molar-refractivity contribution < 1.29 is 9.53 Å². The van der Waals surface area contributed by atoms with Gasteiger partial charge in [-0.2, -0.15) is 0 Å². The molecule has 1 aromatic heterocycles. The summed E-state index contributed by atoms with van der Waals surface area (Å²) in [6.45, 7) is 0.706. The number of hydrogen-bond donors (Lipinski definition) is 0. The van der Waals surface area contributed by atoms with Crippen LogP contribution in [0.1, 0.15) is 22.3 Å². The van der Waals surface area contributed by atoms with Crippen LogP contribution in [-0.4, -0.2) is 17.9 Å². The average molecular weight is 163 g/mol. The number of pyridine rings is 1. The Balaban J connectivity index is 2.51. The van der Waals surface area contributed by atoms with E-state index in [1.54, 1.807) is 6.20 Å². The standard InChI is InChI=1S/C9H9NO2/c11-6-8-5-10-4-7-2-1-3-12-9(7)8/h4-6H,1-3H2. The summed E-state index contributed by atoms with van der Waals surface area (Å²) < 4.78 is 5.37. The summed E-state index contributed by atoms with van der Waals surface area (Å²) in [7, 11) is 0. The smallest absolute Gasteiger partial charge is 0.155 e. The van der Waals surface area contributed by atoms with Gasteiger partial charge in [-0.05, 0) is 12.8 Å². The molecule has 3 heteroatoms. The zero-order chi connectivity index (χ0) is 8.39. The zero-order valence-electron chi connectivity index (χ0n) is 6.62. The first kappa shape index (κ1) is 7.28. The Morgan fingerprint density at radius 3 is 3.25 bits per heavy atom. The maximum absolute atomic E-state index is 10.6. The van der Waals surface area contributed by atoms with Crippen molar-refractivity contribution >= 4 is 6.29 Å². The summed E-state index contributed by atoms with van der Waals surface area (Å²) in [5.74, 6) is 0.728. The minimum Gasteiger partial charge on any atom is -0.492 e. The van der Waals surface area contributed by atoms with Gasteiger partial charge in [-0.3, -0.25) is 9.78 Å². The molecule has 2 heterocycles. The summed E-state index contributed by atoms with van der Waals surface area (Å²) >= 11 is 0. The van der Waals surface area contributed by atoms with E-state index < -0.39 is 0 Å². The number of nitrogens with zero attached hydrogens (tertiary/aromatic N) is 1. The molecule has 12 heavy (non-hydrogen) atoms. The summed E-state index contributed by atoms with van der Waals surface area (Å²) in [5, 5.41) is 0. The average Bonchev–Trinajstić information content (AvgIpc) is 2.17. The van der Waals surface area contributed by atoms with E-state index in [0.717, 1.165) is 30.4 Å². The van der Waals surface area contributed by atoms with Crippen LogP contribution in [0.15, 0.2) is 12.4 Å². The van der Waals surface area contributed by atoms with E-state index >= 15 is 0 Å². The van der Waals surface area contributed by atoms with E-state index in [0.29, 0.717) is 12.2 Å².